The molecule has 2 aromatic rings. The van der Waals surface area contributed by atoms with Gasteiger partial charge in [0.05, 0.1) is 0 Å². The Bertz CT molecular complexity index is 541. The summed E-state index contributed by atoms with van der Waals surface area (Å²) in [4.78, 5) is 12.0. The summed E-state index contributed by atoms with van der Waals surface area (Å²) in [5, 5.41) is 0. The lowest BCUT2D eigenvalue weighted by Crippen LogP contribution is -2.02. The lowest BCUT2D eigenvalue weighted by atomic mass is 10.0. The number of halogens is 1. The van der Waals surface area contributed by atoms with Crippen LogP contribution in [0.4, 0.5) is 4.39 Å². The molecule has 0 unspecified atom stereocenters. The Hall–Kier alpha value is -1.90. The first-order chi connectivity index (χ1) is 7.58. The third-order valence-electron chi connectivity index (χ3n) is 2.40. The Morgan fingerprint density at radius 2 is 1.94 bits per heavy atom. The van der Waals surface area contributed by atoms with Crippen molar-refractivity contribution in [2.45, 2.75) is 13.8 Å². The molecule has 0 amide bonds. The van der Waals surface area contributed by atoms with Crippen LogP contribution in [0.1, 0.15) is 27.4 Å². The van der Waals surface area contributed by atoms with E-state index in [0.717, 1.165) is 0 Å². The number of furan rings is 1. The number of carbonyl (C=O) groups excluding carboxylic acids is 1. The number of rotatable bonds is 2. The maximum absolute atomic E-state index is 12.9. The fourth-order valence-corrected chi connectivity index (χ4v) is 1.57. The van der Waals surface area contributed by atoms with E-state index in [1.54, 1.807) is 26.0 Å². The van der Waals surface area contributed by atoms with Gasteiger partial charge in [-0.15, -0.1) is 0 Å². The summed E-state index contributed by atoms with van der Waals surface area (Å²) in [5.41, 5.74) is 1.08. The predicted octanol–water partition coefficient (Wildman–Crippen LogP) is 3.27. The first-order valence-electron chi connectivity index (χ1n) is 4.95. The Morgan fingerprint density at radius 1 is 1.19 bits per heavy atom. The number of hydrogen-bond donors (Lipinski definition) is 0. The van der Waals surface area contributed by atoms with E-state index in [1.165, 1.54) is 18.2 Å². The van der Waals surface area contributed by atoms with E-state index in [2.05, 4.69) is 0 Å². The van der Waals surface area contributed by atoms with Crippen molar-refractivity contribution in [2.24, 2.45) is 0 Å². The third kappa shape index (κ3) is 1.89. The van der Waals surface area contributed by atoms with E-state index in [9.17, 15) is 9.18 Å². The second-order valence-corrected chi connectivity index (χ2v) is 3.70. The second kappa shape index (κ2) is 3.93. The maximum Gasteiger partial charge on any atom is 0.228 e. The van der Waals surface area contributed by atoms with Crippen molar-refractivity contribution in [1.29, 1.82) is 0 Å². The van der Waals surface area contributed by atoms with Crippen LogP contribution < -0.4 is 0 Å². The first kappa shape index (κ1) is 10.6. The average molecular weight is 218 g/mol. The van der Waals surface area contributed by atoms with Crippen molar-refractivity contribution in [1.82, 2.24) is 0 Å². The molecule has 0 fully saturated rings. The van der Waals surface area contributed by atoms with Gasteiger partial charge in [-0.3, -0.25) is 4.79 Å². The summed E-state index contributed by atoms with van der Waals surface area (Å²) >= 11 is 0. The molecule has 0 bridgehead atoms. The van der Waals surface area contributed by atoms with E-state index < -0.39 is 0 Å². The molecule has 1 aromatic heterocycles. The summed E-state index contributed by atoms with van der Waals surface area (Å²) in [6.07, 6.45) is 0. The molecule has 0 aliphatic carbocycles. The van der Waals surface area contributed by atoms with Crippen LogP contribution in [0.5, 0.6) is 0 Å². The number of ketones is 1. The molecule has 0 saturated carbocycles. The van der Waals surface area contributed by atoms with Crippen LogP contribution in [-0.4, -0.2) is 5.78 Å². The zero-order valence-corrected chi connectivity index (χ0v) is 9.08. The minimum atomic E-state index is -0.343. The van der Waals surface area contributed by atoms with Crippen LogP contribution in [0.25, 0.3) is 0 Å². The van der Waals surface area contributed by atoms with E-state index in [4.69, 9.17) is 4.42 Å². The summed E-state index contributed by atoms with van der Waals surface area (Å²) in [6, 6.07) is 7.44. The lowest BCUT2D eigenvalue weighted by Gasteiger charge is -2.02. The molecule has 3 heteroatoms. The van der Waals surface area contributed by atoms with E-state index >= 15 is 0 Å². The number of hydrogen-bond acceptors (Lipinski definition) is 2. The summed E-state index contributed by atoms with van der Waals surface area (Å²) in [6.45, 7) is 3.47. The zero-order chi connectivity index (χ0) is 11.7. The highest BCUT2D eigenvalue weighted by Gasteiger charge is 2.15. The fourth-order valence-electron chi connectivity index (χ4n) is 1.57. The van der Waals surface area contributed by atoms with Gasteiger partial charge in [0.1, 0.15) is 11.6 Å². The number of aryl methyl sites for hydroxylation is 2. The van der Waals surface area contributed by atoms with Gasteiger partial charge >= 0.3 is 0 Å². The molecule has 0 N–H and O–H groups in total. The van der Waals surface area contributed by atoms with Gasteiger partial charge < -0.3 is 4.42 Å². The molecular weight excluding hydrogens is 207 g/mol. The van der Waals surface area contributed by atoms with Crippen LogP contribution in [0, 0.1) is 19.7 Å². The van der Waals surface area contributed by atoms with Crippen LogP contribution in [0.2, 0.25) is 0 Å². The minimum Gasteiger partial charge on any atom is -0.458 e. The van der Waals surface area contributed by atoms with Crippen LogP contribution >= 0.6 is 0 Å². The van der Waals surface area contributed by atoms with Gasteiger partial charge in [-0.05, 0) is 49.7 Å². The normalized spacial score (nSPS) is 10.4. The van der Waals surface area contributed by atoms with Crippen LogP contribution in [0.3, 0.4) is 0 Å². The average Bonchev–Trinajstić information content (AvgIpc) is 2.64. The van der Waals surface area contributed by atoms with Crippen LogP contribution in [-0.2, 0) is 0 Å². The Morgan fingerprint density at radius 3 is 2.50 bits per heavy atom. The van der Waals surface area contributed by atoms with Crippen LogP contribution in [0.15, 0.2) is 34.7 Å². The van der Waals surface area contributed by atoms with Gasteiger partial charge in [0, 0.05) is 5.56 Å². The van der Waals surface area contributed by atoms with Crippen molar-refractivity contribution >= 4 is 5.78 Å². The molecule has 82 valence electrons. The van der Waals surface area contributed by atoms with Gasteiger partial charge in [0.25, 0.3) is 0 Å². The molecule has 1 heterocycles. The molecule has 0 saturated heterocycles. The van der Waals surface area contributed by atoms with E-state index in [-0.39, 0.29) is 17.4 Å². The van der Waals surface area contributed by atoms with Gasteiger partial charge in [0.2, 0.25) is 5.78 Å². The molecule has 0 radical (unpaired) electrons. The van der Waals surface area contributed by atoms with Crippen molar-refractivity contribution in [3.05, 3.63) is 58.8 Å². The molecule has 0 spiro atoms. The summed E-state index contributed by atoms with van der Waals surface area (Å²) in [5.74, 6) is 0.408. The topological polar surface area (TPSA) is 30.2 Å². The second-order valence-electron chi connectivity index (χ2n) is 3.70. The lowest BCUT2D eigenvalue weighted by molar-refractivity contribution is 0.101. The highest BCUT2D eigenvalue weighted by Crippen LogP contribution is 2.17. The summed E-state index contributed by atoms with van der Waals surface area (Å²) in [7, 11) is 0. The predicted molar refractivity (Wildman–Crippen MR) is 58.0 cm³/mol. The Balaban J connectivity index is 2.41. The zero-order valence-electron chi connectivity index (χ0n) is 9.08. The van der Waals surface area contributed by atoms with Crippen molar-refractivity contribution < 1.29 is 13.6 Å². The number of benzene rings is 1. The molecule has 0 aliphatic heterocycles. The molecule has 1 aromatic carbocycles. The molecule has 16 heavy (non-hydrogen) atoms. The van der Waals surface area contributed by atoms with Gasteiger partial charge in [-0.25, -0.2) is 4.39 Å². The first-order valence-corrected chi connectivity index (χ1v) is 4.95. The van der Waals surface area contributed by atoms with Crippen molar-refractivity contribution in [3.8, 4) is 0 Å². The largest absolute Gasteiger partial charge is 0.458 e. The molecular formula is C13H11FO2. The van der Waals surface area contributed by atoms with E-state index in [1.807, 2.05) is 0 Å². The van der Waals surface area contributed by atoms with E-state index in [0.29, 0.717) is 16.9 Å². The smallest absolute Gasteiger partial charge is 0.228 e. The molecule has 0 aliphatic rings. The van der Waals surface area contributed by atoms with Crippen molar-refractivity contribution in [2.75, 3.05) is 0 Å². The molecule has 2 rings (SSSR count). The minimum absolute atomic E-state index is 0.217. The highest BCUT2D eigenvalue weighted by molar-refractivity contribution is 6.08. The highest BCUT2D eigenvalue weighted by atomic mass is 19.1. The maximum atomic E-state index is 12.9. The fraction of sp³-hybridized carbons (Fsp3) is 0.154. The van der Waals surface area contributed by atoms with Gasteiger partial charge in [0.15, 0.2) is 5.76 Å². The van der Waals surface area contributed by atoms with Gasteiger partial charge in [-0.1, -0.05) is 0 Å². The SMILES string of the molecule is Cc1ccc(C(=O)c2ccc(F)cc2C)o1. The Labute approximate surface area is 92.7 Å². The summed E-state index contributed by atoms with van der Waals surface area (Å²) < 4.78 is 18.1. The Kier molecular flexibility index (Phi) is 2.60. The molecule has 0 atom stereocenters. The quantitative estimate of drug-likeness (QED) is 0.724. The number of carbonyl (C=O) groups is 1. The standard InChI is InChI=1S/C13H11FO2/c1-8-7-10(14)4-5-11(8)13(15)12-6-3-9(2)16-12/h3-7H,1-2H3. The molecule has 2 nitrogen and oxygen atoms in total. The monoisotopic (exact) mass is 218 g/mol. The van der Waals surface area contributed by atoms with Crippen molar-refractivity contribution in [3.63, 3.8) is 0 Å². The van der Waals surface area contributed by atoms with Gasteiger partial charge in [-0.2, -0.15) is 0 Å². The third-order valence-corrected chi connectivity index (χ3v) is 2.40.